The molecular formula is C10H17BrN4. The van der Waals surface area contributed by atoms with Gasteiger partial charge in [0.1, 0.15) is 0 Å². The lowest BCUT2D eigenvalue weighted by Crippen LogP contribution is -2.23. The van der Waals surface area contributed by atoms with Gasteiger partial charge in [0.2, 0.25) is 5.95 Å². The topological polar surface area (TPSA) is 41.9 Å². The quantitative estimate of drug-likeness (QED) is 0.788. The third kappa shape index (κ3) is 3.74. The second-order valence-corrected chi connectivity index (χ2v) is 5.34. The van der Waals surface area contributed by atoms with E-state index in [2.05, 4.69) is 38.0 Å². The third-order valence-electron chi connectivity index (χ3n) is 2.28. The van der Waals surface area contributed by atoms with Crippen LogP contribution in [0.15, 0.2) is 0 Å². The molecule has 0 saturated heterocycles. The summed E-state index contributed by atoms with van der Waals surface area (Å²) in [6, 6.07) is 0. The molecule has 0 aliphatic heterocycles. The lowest BCUT2D eigenvalue weighted by Gasteiger charge is -2.17. The number of hydrogen-bond donors (Lipinski definition) is 0. The summed E-state index contributed by atoms with van der Waals surface area (Å²) in [5.74, 6) is 0.700. The van der Waals surface area contributed by atoms with Gasteiger partial charge in [-0.05, 0) is 20.3 Å². The molecular weight excluding hydrogens is 256 g/mol. The molecule has 0 saturated carbocycles. The first kappa shape index (κ1) is 12.4. The van der Waals surface area contributed by atoms with Crippen LogP contribution in [0, 0.1) is 13.8 Å². The standard InChI is InChI=1S/C10H17BrN4/c1-7(11)5-6-15(4)10-12-8(2)9(3)13-14-10/h7H,5-6H2,1-4H3. The zero-order chi connectivity index (χ0) is 11.4. The minimum atomic E-state index is 0.513. The van der Waals surface area contributed by atoms with Gasteiger partial charge < -0.3 is 4.90 Å². The molecule has 0 aliphatic carbocycles. The zero-order valence-corrected chi connectivity index (χ0v) is 11.2. The molecule has 0 radical (unpaired) electrons. The van der Waals surface area contributed by atoms with Crippen LogP contribution in [0.4, 0.5) is 5.95 Å². The fraction of sp³-hybridized carbons (Fsp3) is 0.700. The van der Waals surface area contributed by atoms with Crippen molar-refractivity contribution in [2.24, 2.45) is 0 Å². The van der Waals surface area contributed by atoms with Crippen LogP contribution in [0.3, 0.4) is 0 Å². The van der Waals surface area contributed by atoms with Crippen LogP contribution in [-0.4, -0.2) is 33.6 Å². The van der Waals surface area contributed by atoms with Gasteiger partial charge in [-0.15, -0.1) is 5.10 Å². The van der Waals surface area contributed by atoms with Gasteiger partial charge in [-0.1, -0.05) is 22.9 Å². The average Bonchev–Trinajstić information content (AvgIpc) is 2.18. The van der Waals surface area contributed by atoms with Crippen LogP contribution in [-0.2, 0) is 0 Å². The molecule has 1 heterocycles. The number of anilines is 1. The van der Waals surface area contributed by atoms with Crippen LogP contribution >= 0.6 is 15.9 Å². The van der Waals surface area contributed by atoms with Crippen LogP contribution in [0.25, 0.3) is 0 Å². The summed E-state index contributed by atoms with van der Waals surface area (Å²) >= 11 is 3.52. The maximum Gasteiger partial charge on any atom is 0.245 e. The van der Waals surface area contributed by atoms with E-state index >= 15 is 0 Å². The summed E-state index contributed by atoms with van der Waals surface area (Å²) < 4.78 is 0. The summed E-state index contributed by atoms with van der Waals surface area (Å²) in [7, 11) is 1.99. The second kappa shape index (κ2) is 5.39. The molecule has 1 aromatic rings. The van der Waals surface area contributed by atoms with E-state index in [9.17, 15) is 0 Å². The van der Waals surface area contributed by atoms with Crippen molar-refractivity contribution < 1.29 is 0 Å². The summed E-state index contributed by atoms with van der Waals surface area (Å²) in [6.45, 7) is 6.93. The molecule has 0 bridgehead atoms. The first-order valence-corrected chi connectivity index (χ1v) is 5.95. The van der Waals surface area contributed by atoms with Crippen LogP contribution < -0.4 is 4.90 Å². The molecule has 15 heavy (non-hydrogen) atoms. The van der Waals surface area contributed by atoms with E-state index in [1.54, 1.807) is 0 Å². The fourth-order valence-corrected chi connectivity index (χ4v) is 1.28. The normalized spacial score (nSPS) is 12.6. The van der Waals surface area contributed by atoms with E-state index < -0.39 is 0 Å². The summed E-state index contributed by atoms with van der Waals surface area (Å²) in [5, 5.41) is 8.13. The largest absolute Gasteiger partial charge is 0.343 e. The van der Waals surface area contributed by atoms with Gasteiger partial charge in [0.15, 0.2) is 0 Å². The highest BCUT2D eigenvalue weighted by atomic mass is 79.9. The monoisotopic (exact) mass is 272 g/mol. The van der Waals surface area contributed by atoms with E-state index in [0.717, 1.165) is 24.4 Å². The maximum absolute atomic E-state index is 4.39. The molecule has 1 rings (SSSR count). The Balaban J connectivity index is 2.65. The minimum Gasteiger partial charge on any atom is -0.343 e. The van der Waals surface area contributed by atoms with Gasteiger partial charge in [-0.2, -0.15) is 5.10 Å². The number of hydrogen-bond acceptors (Lipinski definition) is 4. The van der Waals surface area contributed by atoms with Crippen molar-refractivity contribution in [1.29, 1.82) is 0 Å². The number of rotatable bonds is 4. The SMILES string of the molecule is Cc1nnc(N(C)CCC(C)Br)nc1C. The second-order valence-electron chi connectivity index (χ2n) is 3.77. The highest BCUT2D eigenvalue weighted by Gasteiger charge is 2.07. The molecule has 1 atom stereocenters. The zero-order valence-electron chi connectivity index (χ0n) is 9.66. The molecule has 1 aromatic heterocycles. The Morgan fingerprint density at radius 1 is 1.27 bits per heavy atom. The smallest absolute Gasteiger partial charge is 0.245 e. The number of halogens is 1. The predicted molar refractivity (Wildman–Crippen MR) is 65.6 cm³/mol. The van der Waals surface area contributed by atoms with Crippen molar-refractivity contribution in [3.8, 4) is 0 Å². The van der Waals surface area contributed by atoms with Gasteiger partial charge in [0, 0.05) is 18.4 Å². The van der Waals surface area contributed by atoms with Gasteiger partial charge in [0.25, 0.3) is 0 Å². The number of alkyl halides is 1. The molecule has 0 aliphatic rings. The van der Waals surface area contributed by atoms with Crippen molar-refractivity contribution in [3.63, 3.8) is 0 Å². The lowest BCUT2D eigenvalue weighted by atomic mass is 10.3. The molecule has 0 spiro atoms. The summed E-state index contributed by atoms with van der Waals surface area (Å²) in [6.07, 6.45) is 1.06. The van der Waals surface area contributed by atoms with E-state index in [0.29, 0.717) is 10.8 Å². The fourth-order valence-electron chi connectivity index (χ4n) is 1.08. The van der Waals surface area contributed by atoms with Crippen LogP contribution in [0.1, 0.15) is 24.7 Å². The van der Waals surface area contributed by atoms with Gasteiger partial charge in [-0.25, -0.2) is 4.98 Å². The molecule has 1 unspecified atom stereocenters. The van der Waals surface area contributed by atoms with Crippen molar-refractivity contribution in [2.45, 2.75) is 32.0 Å². The third-order valence-corrected chi connectivity index (χ3v) is 2.74. The Hall–Kier alpha value is -0.710. The van der Waals surface area contributed by atoms with E-state index in [1.165, 1.54) is 0 Å². The Kier molecular flexibility index (Phi) is 4.45. The molecule has 5 heteroatoms. The summed E-state index contributed by atoms with van der Waals surface area (Å²) in [5.41, 5.74) is 1.83. The number of nitrogens with zero attached hydrogens (tertiary/aromatic N) is 4. The first-order valence-electron chi connectivity index (χ1n) is 5.04. The Bertz CT molecular complexity index is 327. The van der Waals surface area contributed by atoms with Crippen molar-refractivity contribution >= 4 is 21.9 Å². The van der Waals surface area contributed by atoms with E-state index in [4.69, 9.17) is 0 Å². The Morgan fingerprint density at radius 3 is 2.47 bits per heavy atom. The Morgan fingerprint density at radius 2 is 1.93 bits per heavy atom. The van der Waals surface area contributed by atoms with E-state index in [1.807, 2.05) is 25.8 Å². The highest BCUT2D eigenvalue weighted by Crippen LogP contribution is 2.09. The molecule has 0 fully saturated rings. The number of aromatic nitrogens is 3. The minimum absolute atomic E-state index is 0.513. The van der Waals surface area contributed by atoms with Gasteiger partial charge in [-0.3, -0.25) is 0 Å². The highest BCUT2D eigenvalue weighted by molar-refractivity contribution is 9.09. The Labute approximate surface area is 99.2 Å². The van der Waals surface area contributed by atoms with Crippen molar-refractivity contribution in [3.05, 3.63) is 11.4 Å². The first-order chi connectivity index (χ1) is 7.00. The summed E-state index contributed by atoms with van der Waals surface area (Å²) in [4.78, 5) is 6.93. The van der Waals surface area contributed by atoms with Gasteiger partial charge in [0.05, 0.1) is 11.4 Å². The van der Waals surface area contributed by atoms with E-state index in [-0.39, 0.29) is 0 Å². The molecule has 0 aromatic carbocycles. The van der Waals surface area contributed by atoms with Crippen molar-refractivity contribution in [1.82, 2.24) is 15.2 Å². The van der Waals surface area contributed by atoms with Crippen LogP contribution in [0.2, 0.25) is 0 Å². The molecule has 4 nitrogen and oxygen atoms in total. The molecule has 84 valence electrons. The molecule has 0 N–H and O–H groups in total. The molecule has 0 amide bonds. The maximum atomic E-state index is 4.39. The lowest BCUT2D eigenvalue weighted by molar-refractivity contribution is 0.747. The van der Waals surface area contributed by atoms with Gasteiger partial charge >= 0.3 is 0 Å². The van der Waals surface area contributed by atoms with Crippen LogP contribution in [0.5, 0.6) is 0 Å². The van der Waals surface area contributed by atoms with Crippen molar-refractivity contribution in [2.75, 3.05) is 18.5 Å². The number of aryl methyl sites for hydroxylation is 2. The average molecular weight is 273 g/mol. The predicted octanol–water partition coefficient (Wildman–Crippen LogP) is 2.10.